The summed E-state index contributed by atoms with van der Waals surface area (Å²) < 4.78 is 11.8. The SMILES string of the molecule is Cc1cc2c(cc1Cc1ccc(C(=O)N3CCC(Nc4nccc(NCC5CCCO5)n4)CC3)o1)C(C)(C)CCC2(C)C. The number of ether oxygens (including phenoxy) is 1. The molecule has 1 amide bonds. The second-order valence-electron chi connectivity index (χ2n) is 14.0. The first kappa shape index (κ1) is 29.7. The lowest BCUT2D eigenvalue weighted by molar-refractivity contribution is 0.0684. The van der Waals surface area contributed by atoms with Gasteiger partial charge in [-0.25, -0.2) is 4.98 Å². The summed E-state index contributed by atoms with van der Waals surface area (Å²) in [6.07, 6.45) is 8.98. The minimum atomic E-state index is -0.0358. The van der Waals surface area contributed by atoms with E-state index in [0.29, 0.717) is 31.2 Å². The molecular formula is C35H47N5O3. The van der Waals surface area contributed by atoms with E-state index < -0.39 is 0 Å². The van der Waals surface area contributed by atoms with Crippen molar-refractivity contribution in [1.29, 1.82) is 0 Å². The molecule has 8 heteroatoms. The molecule has 1 unspecified atom stereocenters. The third-order valence-electron chi connectivity index (χ3n) is 9.85. The third kappa shape index (κ3) is 6.59. The highest BCUT2D eigenvalue weighted by molar-refractivity contribution is 5.91. The zero-order valence-corrected chi connectivity index (χ0v) is 26.5. The number of nitrogens with zero attached hydrogens (tertiary/aromatic N) is 3. The van der Waals surface area contributed by atoms with Gasteiger partial charge in [0.1, 0.15) is 11.6 Å². The van der Waals surface area contributed by atoms with E-state index in [0.717, 1.165) is 50.4 Å². The zero-order valence-electron chi connectivity index (χ0n) is 26.5. The van der Waals surface area contributed by atoms with Crippen LogP contribution < -0.4 is 10.6 Å². The number of anilines is 2. The summed E-state index contributed by atoms with van der Waals surface area (Å²) in [6, 6.07) is 10.7. The van der Waals surface area contributed by atoms with Crippen molar-refractivity contribution in [3.05, 3.63) is 70.3 Å². The molecule has 0 bridgehead atoms. The number of amides is 1. The fraction of sp³-hybridized carbons (Fsp3) is 0.571. The Kier molecular flexibility index (Phi) is 8.24. The average molecular weight is 586 g/mol. The molecule has 3 aliphatic rings. The largest absolute Gasteiger partial charge is 0.456 e. The summed E-state index contributed by atoms with van der Waals surface area (Å²) in [5.41, 5.74) is 5.85. The normalized spacial score (nSPS) is 21.4. The van der Waals surface area contributed by atoms with Gasteiger partial charge in [0.2, 0.25) is 5.95 Å². The van der Waals surface area contributed by atoms with Crippen molar-refractivity contribution < 1.29 is 13.9 Å². The molecule has 2 fully saturated rings. The van der Waals surface area contributed by atoms with Gasteiger partial charge in [-0.2, -0.15) is 4.98 Å². The van der Waals surface area contributed by atoms with Crippen molar-refractivity contribution in [3.8, 4) is 0 Å². The second kappa shape index (κ2) is 11.9. The number of rotatable bonds is 8. The Hall–Kier alpha value is -3.39. The van der Waals surface area contributed by atoms with E-state index in [9.17, 15) is 4.79 Å². The van der Waals surface area contributed by atoms with Crippen LogP contribution in [0.25, 0.3) is 0 Å². The summed E-state index contributed by atoms with van der Waals surface area (Å²) in [5, 5.41) is 6.83. The molecular weight excluding hydrogens is 538 g/mol. The van der Waals surface area contributed by atoms with Crippen molar-refractivity contribution in [2.45, 2.75) is 103 Å². The van der Waals surface area contributed by atoms with Crippen molar-refractivity contribution >= 4 is 17.7 Å². The molecule has 0 radical (unpaired) electrons. The number of carbonyl (C=O) groups is 1. The van der Waals surface area contributed by atoms with Gasteiger partial charge in [0.05, 0.1) is 6.10 Å². The number of nitrogens with one attached hydrogen (secondary N) is 2. The number of furan rings is 1. The molecule has 0 spiro atoms. The smallest absolute Gasteiger partial charge is 0.289 e. The Morgan fingerprint density at radius 2 is 1.77 bits per heavy atom. The maximum Gasteiger partial charge on any atom is 0.289 e. The van der Waals surface area contributed by atoms with Crippen molar-refractivity contribution in [2.75, 3.05) is 36.9 Å². The van der Waals surface area contributed by atoms with E-state index in [1.165, 1.54) is 35.1 Å². The molecule has 1 aromatic carbocycles. The molecule has 0 saturated carbocycles. The van der Waals surface area contributed by atoms with Crippen LogP contribution in [0, 0.1) is 6.92 Å². The average Bonchev–Trinajstić information content (AvgIpc) is 3.68. The fourth-order valence-corrected chi connectivity index (χ4v) is 6.85. The molecule has 4 heterocycles. The number of aryl methyl sites for hydroxylation is 1. The van der Waals surface area contributed by atoms with Crippen LogP contribution in [0.1, 0.15) is 105 Å². The summed E-state index contributed by atoms with van der Waals surface area (Å²) in [4.78, 5) is 24.3. The highest BCUT2D eigenvalue weighted by Gasteiger charge is 2.37. The van der Waals surface area contributed by atoms with Gasteiger partial charge in [-0.15, -0.1) is 0 Å². The molecule has 2 saturated heterocycles. The Morgan fingerprint density at radius 3 is 2.49 bits per heavy atom. The third-order valence-corrected chi connectivity index (χ3v) is 9.85. The van der Waals surface area contributed by atoms with E-state index in [2.05, 4.69) is 67.4 Å². The van der Waals surface area contributed by atoms with Crippen LogP contribution in [0.15, 0.2) is 40.9 Å². The maximum atomic E-state index is 13.3. The number of benzene rings is 1. The van der Waals surface area contributed by atoms with Gasteiger partial charge in [0.25, 0.3) is 5.91 Å². The van der Waals surface area contributed by atoms with Crippen LogP contribution >= 0.6 is 0 Å². The van der Waals surface area contributed by atoms with Gasteiger partial charge in [-0.1, -0.05) is 39.8 Å². The highest BCUT2D eigenvalue weighted by atomic mass is 16.5. The fourth-order valence-electron chi connectivity index (χ4n) is 6.85. The highest BCUT2D eigenvalue weighted by Crippen LogP contribution is 2.46. The molecule has 3 aromatic rings. The predicted molar refractivity (Wildman–Crippen MR) is 170 cm³/mol. The number of hydrogen-bond acceptors (Lipinski definition) is 7. The van der Waals surface area contributed by atoms with Gasteiger partial charge >= 0.3 is 0 Å². The van der Waals surface area contributed by atoms with Crippen LogP contribution in [0.5, 0.6) is 0 Å². The molecule has 43 heavy (non-hydrogen) atoms. The van der Waals surface area contributed by atoms with Crippen molar-refractivity contribution in [1.82, 2.24) is 14.9 Å². The lowest BCUT2D eigenvalue weighted by Crippen LogP contribution is -2.42. The predicted octanol–water partition coefficient (Wildman–Crippen LogP) is 6.63. The molecule has 2 aromatic heterocycles. The van der Waals surface area contributed by atoms with Crippen molar-refractivity contribution in [2.24, 2.45) is 0 Å². The zero-order chi connectivity index (χ0) is 30.2. The minimum absolute atomic E-state index is 0.0358. The Labute approximate surface area is 256 Å². The number of likely N-dealkylation sites (tertiary alicyclic amines) is 1. The first-order valence-electron chi connectivity index (χ1n) is 16.0. The van der Waals surface area contributed by atoms with Gasteiger partial charge in [0, 0.05) is 44.9 Å². The van der Waals surface area contributed by atoms with E-state index >= 15 is 0 Å². The van der Waals surface area contributed by atoms with Crippen LogP contribution in [0.2, 0.25) is 0 Å². The molecule has 1 atom stereocenters. The van der Waals surface area contributed by atoms with Gasteiger partial charge < -0.3 is 24.7 Å². The second-order valence-corrected chi connectivity index (χ2v) is 14.0. The molecule has 1 aliphatic carbocycles. The van der Waals surface area contributed by atoms with Gasteiger partial charge in [-0.3, -0.25) is 4.79 Å². The quantitative estimate of drug-likeness (QED) is 0.307. The lowest BCUT2D eigenvalue weighted by Gasteiger charge is -2.42. The maximum absolute atomic E-state index is 13.3. The first-order valence-corrected chi connectivity index (χ1v) is 16.0. The lowest BCUT2D eigenvalue weighted by atomic mass is 9.62. The summed E-state index contributed by atoms with van der Waals surface area (Å²) in [7, 11) is 0. The number of fused-ring (bicyclic) bond motifs is 1. The van der Waals surface area contributed by atoms with E-state index in [4.69, 9.17) is 9.15 Å². The van der Waals surface area contributed by atoms with Crippen LogP contribution in [-0.4, -0.2) is 59.2 Å². The van der Waals surface area contributed by atoms with E-state index in [-0.39, 0.29) is 28.9 Å². The number of aromatic nitrogens is 2. The number of carbonyl (C=O) groups excluding carboxylic acids is 1. The van der Waals surface area contributed by atoms with Gasteiger partial charge in [0.15, 0.2) is 5.76 Å². The monoisotopic (exact) mass is 585 g/mol. The molecule has 6 rings (SSSR count). The van der Waals surface area contributed by atoms with Gasteiger partial charge in [-0.05, 0) is 96.7 Å². The minimum Gasteiger partial charge on any atom is -0.456 e. The van der Waals surface area contributed by atoms with Crippen molar-refractivity contribution in [3.63, 3.8) is 0 Å². The Morgan fingerprint density at radius 1 is 1.02 bits per heavy atom. The Bertz CT molecular complexity index is 1450. The summed E-state index contributed by atoms with van der Waals surface area (Å²) in [5.74, 6) is 2.63. The Balaban J connectivity index is 1.04. The first-order chi connectivity index (χ1) is 20.6. The topological polar surface area (TPSA) is 92.5 Å². The summed E-state index contributed by atoms with van der Waals surface area (Å²) >= 11 is 0. The molecule has 230 valence electrons. The molecule has 8 nitrogen and oxygen atoms in total. The van der Waals surface area contributed by atoms with Crippen LogP contribution in [0.3, 0.4) is 0 Å². The number of piperidine rings is 1. The standard InChI is InChI=1S/C35H47N5O3/c1-23-19-28-29(35(4,5)14-13-34(28,2)3)21-24(23)20-26-8-9-30(43-26)32(41)40-16-11-25(12-17-40)38-33-36-15-10-31(39-33)37-22-27-7-6-18-42-27/h8-10,15,19,21,25,27H,6-7,11-14,16-18,20,22H2,1-5H3,(H2,36,37,38,39). The summed E-state index contributed by atoms with van der Waals surface area (Å²) in [6.45, 7) is 14.6. The van der Waals surface area contributed by atoms with Crippen LogP contribution in [0.4, 0.5) is 11.8 Å². The molecule has 2 N–H and O–H groups in total. The van der Waals surface area contributed by atoms with Crippen LogP contribution in [-0.2, 0) is 22.0 Å². The van der Waals surface area contributed by atoms with E-state index in [1.54, 1.807) is 6.20 Å². The van der Waals surface area contributed by atoms with E-state index in [1.807, 2.05) is 23.1 Å². The molecule has 2 aliphatic heterocycles. The number of hydrogen-bond donors (Lipinski definition) is 2.